The smallest absolute Gasteiger partial charge is 0.147 e. The molecule has 2 rings (SSSR count). The molecule has 96 valence electrons. The Hall–Kier alpha value is -1.62. The Balaban J connectivity index is 2.25. The van der Waals surface area contributed by atoms with E-state index in [2.05, 4.69) is 5.10 Å². The summed E-state index contributed by atoms with van der Waals surface area (Å²) in [5.74, 6) is 0.159. The van der Waals surface area contributed by atoms with E-state index in [1.165, 1.54) is 6.26 Å². The van der Waals surface area contributed by atoms with Gasteiger partial charge in [-0.2, -0.15) is 5.10 Å². The maximum atomic E-state index is 11.3. The van der Waals surface area contributed by atoms with Crippen LogP contribution in [0.1, 0.15) is 18.0 Å². The summed E-state index contributed by atoms with van der Waals surface area (Å²) in [6.45, 7) is 0. The molecule has 0 saturated carbocycles. The highest BCUT2D eigenvalue weighted by Gasteiger charge is 2.16. The molecule has 0 bridgehead atoms. The van der Waals surface area contributed by atoms with Gasteiger partial charge in [-0.25, -0.2) is 8.42 Å². The molecule has 0 aliphatic heterocycles. The molecule has 0 aliphatic rings. The van der Waals surface area contributed by atoms with Crippen LogP contribution in [0.3, 0.4) is 0 Å². The van der Waals surface area contributed by atoms with Crippen molar-refractivity contribution >= 4 is 9.84 Å². The Morgan fingerprint density at radius 1 is 1.22 bits per heavy atom. The van der Waals surface area contributed by atoms with Gasteiger partial charge < -0.3 is 0 Å². The molecule has 18 heavy (non-hydrogen) atoms. The van der Waals surface area contributed by atoms with Crippen molar-refractivity contribution in [3.05, 3.63) is 54.4 Å². The second kappa shape index (κ2) is 5.35. The van der Waals surface area contributed by atoms with E-state index in [1.807, 2.05) is 42.6 Å². The van der Waals surface area contributed by atoms with Gasteiger partial charge in [-0.3, -0.25) is 4.68 Å². The Labute approximate surface area is 107 Å². The van der Waals surface area contributed by atoms with Crippen LogP contribution >= 0.6 is 0 Å². The molecule has 0 spiro atoms. The third-order valence-electron chi connectivity index (χ3n) is 2.79. The van der Waals surface area contributed by atoms with E-state index in [1.54, 1.807) is 10.9 Å². The molecule has 1 aromatic heterocycles. The summed E-state index contributed by atoms with van der Waals surface area (Å²) in [7, 11) is -2.96. The minimum absolute atomic E-state index is 0.0316. The molecule has 0 aliphatic carbocycles. The molecule has 1 atom stereocenters. The van der Waals surface area contributed by atoms with Gasteiger partial charge in [0.1, 0.15) is 9.84 Å². The van der Waals surface area contributed by atoms with Crippen LogP contribution in [-0.2, 0) is 9.84 Å². The third kappa shape index (κ3) is 3.43. The summed E-state index contributed by atoms with van der Waals surface area (Å²) in [4.78, 5) is 0. The Morgan fingerprint density at radius 2 is 1.94 bits per heavy atom. The maximum Gasteiger partial charge on any atom is 0.147 e. The lowest BCUT2D eigenvalue weighted by molar-refractivity contribution is 0.505. The van der Waals surface area contributed by atoms with Gasteiger partial charge in [-0.05, 0) is 18.1 Å². The SMILES string of the molecule is CS(=O)(=O)CCC(c1ccccc1)n1cccn1. The van der Waals surface area contributed by atoms with Crippen LogP contribution in [0.5, 0.6) is 0 Å². The number of aromatic nitrogens is 2. The van der Waals surface area contributed by atoms with Crippen LogP contribution in [0.15, 0.2) is 48.8 Å². The molecule has 0 N–H and O–H groups in total. The van der Waals surface area contributed by atoms with E-state index < -0.39 is 9.84 Å². The van der Waals surface area contributed by atoms with E-state index in [9.17, 15) is 8.42 Å². The van der Waals surface area contributed by atoms with Gasteiger partial charge in [0.2, 0.25) is 0 Å². The average Bonchev–Trinajstić information content (AvgIpc) is 2.83. The number of hydrogen-bond donors (Lipinski definition) is 0. The van der Waals surface area contributed by atoms with Crippen LogP contribution in [0.4, 0.5) is 0 Å². The second-order valence-electron chi connectivity index (χ2n) is 4.33. The molecule has 1 aromatic carbocycles. The fourth-order valence-electron chi connectivity index (χ4n) is 1.92. The number of benzene rings is 1. The fourth-order valence-corrected chi connectivity index (χ4v) is 2.57. The average molecular weight is 264 g/mol. The van der Waals surface area contributed by atoms with Crippen molar-refractivity contribution in [2.45, 2.75) is 12.5 Å². The minimum Gasteiger partial charge on any atom is -0.265 e. The predicted octanol–water partition coefficient (Wildman–Crippen LogP) is 1.91. The summed E-state index contributed by atoms with van der Waals surface area (Å²) in [5, 5.41) is 4.22. The highest BCUT2D eigenvalue weighted by atomic mass is 32.2. The Kier molecular flexibility index (Phi) is 3.81. The standard InChI is InChI=1S/C13H16N2O2S/c1-18(16,17)11-8-13(15-10-5-9-14-15)12-6-3-2-4-7-12/h2-7,9-10,13H,8,11H2,1H3. The van der Waals surface area contributed by atoms with Crippen LogP contribution in [0.2, 0.25) is 0 Å². The van der Waals surface area contributed by atoms with Crippen molar-refractivity contribution in [3.63, 3.8) is 0 Å². The summed E-state index contributed by atoms with van der Waals surface area (Å²) in [5.41, 5.74) is 1.07. The van der Waals surface area contributed by atoms with Gasteiger partial charge in [0.25, 0.3) is 0 Å². The van der Waals surface area contributed by atoms with Gasteiger partial charge >= 0.3 is 0 Å². The van der Waals surface area contributed by atoms with Gasteiger partial charge in [-0.1, -0.05) is 30.3 Å². The molecule has 5 heteroatoms. The van der Waals surface area contributed by atoms with Crippen molar-refractivity contribution in [1.29, 1.82) is 0 Å². The van der Waals surface area contributed by atoms with Crippen molar-refractivity contribution in [1.82, 2.24) is 9.78 Å². The lowest BCUT2D eigenvalue weighted by atomic mass is 10.1. The van der Waals surface area contributed by atoms with E-state index in [0.29, 0.717) is 6.42 Å². The second-order valence-corrected chi connectivity index (χ2v) is 6.59. The maximum absolute atomic E-state index is 11.3. The zero-order chi connectivity index (χ0) is 13.0. The van der Waals surface area contributed by atoms with E-state index in [0.717, 1.165) is 5.56 Å². The van der Waals surface area contributed by atoms with E-state index in [-0.39, 0.29) is 11.8 Å². The summed E-state index contributed by atoms with van der Waals surface area (Å²) in [6.07, 6.45) is 5.36. The molecular weight excluding hydrogens is 248 g/mol. The predicted molar refractivity (Wildman–Crippen MR) is 71.1 cm³/mol. The molecular formula is C13H16N2O2S. The number of sulfone groups is 1. The first-order valence-corrected chi connectivity index (χ1v) is 7.84. The van der Waals surface area contributed by atoms with Crippen molar-refractivity contribution in [2.75, 3.05) is 12.0 Å². The minimum atomic E-state index is -2.96. The first-order valence-electron chi connectivity index (χ1n) is 5.78. The lowest BCUT2D eigenvalue weighted by Crippen LogP contribution is -2.16. The molecule has 0 amide bonds. The van der Waals surface area contributed by atoms with Crippen LogP contribution in [-0.4, -0.2) is 30.2 Å². The highest BCUT2D eigenvalue weighted by molar-refractivity contribution is 7.90. The van der Waals surface area contributed by atoms with Gasteiger partial charge in [-0.15, -0.1) is 0 Å². The molecule has 1 heterocycles. The van der Waals surface area contributed by atoms with Gasteiger partial charge in [0.05, 0.1) is 11.8 Å². The first kappa shape index (κ1) is 12.8. The monoisotopic (exact) mass is 264 g/mol. The largest absolute Gasteiger partial charge is 0.265 e. The third-order valence-corrected chi connectivity index (χ3v) is 3.77. The van der Waals surface area contributed by atoms with E-state index >= 15 is 0 Å². The topological polar surface area (TPSA) is 52.0 Å². The first-order chi connectivity index (χ1) is 8.56. The number of nitrogens with zero attached hydrogens (tertiary/aromatic N) is 2. The highest BCUT2D eigenvalue weighted by Crippen LogP contribution is 2.21. The van der Waals surface area contributed by atoms with Crippen LogP contribution < -0.4 is 0 Å². The number of hydrogen-bond acceptors (Lipinski definition) is 3. The molecule has 4 nitrogen and oxygen atoms in total. The van der Waals surface area contributed by atoms with Crippen LogP contribution in [0, 0.1) is 0 Å². The summed E-state index contributed by atoms with van der Waals surface area (Å²) >= 11 is 0. The quantitative estimate of drug-likeness (QED) is 0.829. The van der Waals surface area contributed by atoms with Gasteiger partial charge in [0, 0.05) is 18.6 Å². The molecule has 2 aromatic rings. The molecule has 0 fully saturated rings. The van der Waals surface area contributed by atoms with Crippen molar-refractivity contribution in [2.24, 2.45) is 0 Å². The Morgan fingerprint density at radius 3 is 2.50 bits per heavy atom. The summed E-state index contributed by atoms with van der Waals surface area (Å²) < 4.78 is 24.4. The Bertz CT molecular complexity index is 577. The molecule has 1 unspecified atom stereocenters. The van der Waals surface area contributed by atoms with Crippen LogP contribution in [0.25, 0.3) is 0 Å². The normalized spacial score (nSPS) is 13.4. The van der Waals surface area contributed by atoms with Crippen molar-refractivity contribution < 1.29 is 8.42 Å². The lowest BCUT2D eigenvalue weighted by Gasteiger charge is -2.17. The molecule has 0 radical (unpaired) electrons. The van der Waals surface area contributed by atoms with Crippen molar-refractivity contribution in [3.8, 4) is 0 Å². The fraction of sp³-hybridized carbons (Fsp3) is 0.308. The molecule has 0 saturated heterocycles. The summed E-state index contributed by atoms with van der Waals surface area (Å²) in [6, 6.07) is 11.6. The zero-order valence-corrected chi connectivity index (χ0v) is 11.0. The van der Waals surface area contributed by atoms with Gasteiger partial charge in [0.15, 0.2) is 0 Å². The number of rotatable bonds is 5. The van der Waals surface area contributed by atoms with E-state index in [4.69, 9.17) is 0 Å². The zero-order valence-electron chi connectivity index (χ0n) is 10.2.